The van der Waals surface area contributed by atoms with Crippen LogP contribution < -0.4 is 5.32 Å². The largest absolute Gasteiger partial charge is 0.312 e. The number of nitrogens with one attached hydrogen (secondary N) is 1. The van der Waals surface area contributed by atoms with Gasteiger partial charge in [0.2, 0.25) is 0 Å². The van der Waals surface area contributed by atoms with Crippen LogP contribution in [0.3, 0.4) is 0 Å². The number of hydrogen-bond donors (Lipinski definition) is 1. The summed E-state index contributed by atoms with van der Waals surface area (Å²) in [6, 6.07) is 13.7. The van der Waals surface area contributed by atoms with Gasteiger partial charge >= 0.3 is 0 Å². The monoisotopic (exact) mass is 269 g/mol. The summed E-state index contributed by atoms with van der Waals surface area (Å²) in [5.74, 6) is -0.152. The zero-order chi connectivity index (χ0) is 13.8. The number of aryl methyl sites for hydroxylation is 2. The van der Waals surface area contributed by atoms with E-state index in [1.54, 1.807) is 12.1 Å². The smallest absolute Gasteiger partial charge is 0.123 e. The van der Waals surface area contributed by atoms with Gasteiger partial charge in [-0.25, -0.2) is 4.39 Å². The third kappa shape index (κ3) is 3.26. The topological polar surface area (TPSA) is 12.0 Å². The lowest BCUT2D eigenvalue weighted by atomic mass is 10.1. The normalized spacial score (nSPS) is 13.4. The van der Waals surface area contributed by atoms with Crippen molar-refractivity contribution in [3.8, 4) is 0 Å². The number of benzene rings is 2. The molecule has 20 heavy (non-hydrogen) atoms. The fourth-order valence-corrected chi connectivity index (χ4v) is 2.89. The molecule has 1 nitrogen and oxygen atoms in total. The van der Waals surface area contributed by atoms with Crippen LogP contribution >= 0.6 is 0 Å². The van der Waals surface area contributed by atoms with E-state index in [9.17, 15) is 4.39 Å². The second-order valence-electron chi connectivity index (χ2n) is 5.51. The molecule has 0 saturated carbocycles. The highest BCUT2D eigenvalue weighted by Gasteiger charge is 2.10. The average Bonchev–Trinajstić information content (AvgIpc) is 2.91. The van der Waals surface area contributed by atoms with Crippen LogP contribution in [0.25, 0.3) is 0 Å². The van der Waals surface area contributed by atoms with Crippen molar-refractivity contribution in [1.29, 1.82) is 0 Å². The van der Waals surface area contributed by atoms with Gasteiger partial charge in [0, 0.05) is 6.54 Å². The number of fused-ring (bicyclic) bond motifs is 1. The minimum Gasteiger partial charge on any atom is -0.312 e. The van der Waals surface area contributed by atoms with Gasteiger partial charge in [-0.2, -0.15) is 0 Å². The molecule has 0 heterocycles. The summed E-state index contributed by atoms with van der Waals surface area (Å²) in [7, 11) is 0. The zero-order valence-corrected chi connectivity index (χ0v) is 11.7. The summed E-state index contributed by atoms with van der Waals surface area (Å²) < 4.78 is 13.0. The second-order valence-corrected chi connectivity index (χ2v) is 5.51. The van der Waals surface area contributed by atoms with Crippen molar-refractivity contribution in [2.24, 2.45) is 0 Å². The zero-order valence-electron chi connectivity index (χ0n) is 11.7. The maximum atomic E-state index is 13.0. The molecule has 104 valence electrons. The molecule has 0 fully saturated rings. The molecule has 0 radical (unpaired) electrons. The number of rotatable bonds is 5. The first-order valence-electron chi connectivity index (χ1n) is 7.37. The van der Waals surface area contributed by atoms with Gasteiger partial charge in [-0.05, 0) is 66.6 Å². The Bertz CT molecular complexity index is 592. The first kappa shape index (κ1) is 13.3. The van der Waals surface area contributed by atoms with Gasteiger partial charge in [0.25, 0.3) is 0 Å². The standard InChI is InChI=1S/C18H20FN/c19-18-6-1-3-14(12-18)9-10-20-13-15-7-8-16-4-2-5-17(16)11-15/h1,3,6-8,11-12,20H,2,4-5,9-10,13H2. The highest BCUT2D eigenvalue weighted by molar-refractivity contribution is 5.35. The lowest BCUT2D eigenvalue weighted by Crippen LogP contribution is -2.16. The van der Waals surface area contributed by atoms with Crippen LogP contribution in [-0.4, -0.2) is 6.54 Å². The molecule has 1 aliphatic rings. The van der Waals surface area contributed by atoms with Crippen molar-refractivity contribution < 1.29 is 4.39 Å². The van der Waals surface area contributed by atoms with E-state index < -0.39 is 0 Å². The molecule has 1 N–H and O–H groups in total. The van der Waals surface area contributed by atoms with Crippen molar-refractivity contribution in [3.05, 3.63) is 70.5 Å². The molecule has 0 aliphatic heterocycles. The third-order valence-corrected chi connectivity index (χ3v) is 3.97. The molecule has 0 amide bonds. The molecule has 3 rings (SSSR count). The maximum absolute atomic E-state index is 13.0. The van der Waals surface area contributed by atoms with Gasteiger partial charge in [0.05, 0.1) is 0 Å². The highest BCUT2D eigenvalue weighted by Crippen LogP contribution is 2.22. The Hall–Kier alpha value is -1.67. The van der Waals surface area contributed by atoms with Crippen molar-refractivity contribution >= 4 is 0 Å². The van der Waals surface area contributed by atoms with E-state index in [1.165, 1.54) is 42.0 Å². The predicted octanol–water partition coefficient (Wildman–Crippen LogP) is 3.65. The number of halogens is 1. The minimum absolute atomic E-state index is 0.152. The summed E-state index contributed by atoms with van der Waals surface area (Å²) in [6.45, 7) is 1.77. The van der Waals surface area contributed by atoms with Crippen LogP contribution in [0.15, 0.2) is 42.5 Å². The van der Waals surface area contributed by atoms with E-state index in [2.05, 4.69) is 23.5 Å². The van der Waals surface area contributed by atoms with Gasteiger partial charge in [0.15, 0.2) is 0 Å². The minimum atomic E-state index is -0.152. The average molecular weight is 269 g/mol. The van der Waals surface area contributed by atoms with Crippen LogP contribution in [0.4, 0.5) is 4.39 Å². The summed E-state index contributed by atoms with van der Waals surface area (Å²) in [5.41, 5.74) is 5.44. The first-order chi connectivity index (χ1) is 9.81. The molecule has 0 saturated heterocycles. The molecule has 2 aromatic carbocycles. The van der Waals surface area contributed by atoms with Crippen molar-refractivity contribution in [3.63, 3.8) is 0 Å². The highest BCUT2D eigenvalue weighted by atomic mass is 19.1. The van der Waals surface area contributed by atoms with Crippen molar-refractivity contribution in [1.82, 2.24) is 5.32 Å². The van der Waals surface area contributed by atoms with Crippen LogP contribution in [0, 0.1) is 5.82 Å². The van der Waals surface area contributed by atoms with E-state index in [4.69, 9.17) is 0 Å². The van der Waals surface area contributed by atoms with Gasteiger partial charge in [-0.3, -0.25) is 0 Å². The molecule has 0 spiro atoms. The van der Waals surface area contributed by atoms with E-state index in [-0.39, 0.29) is 5.82 Å². The lowest BCUT2D eigenvalue weighted by molar-refractivity contribution is 0.622. The van der Waals surface area contributed by atoms with Gasteiger partial charge in [-0.1, -0.05) is 30.3 Å². The maximum Gasteiger partial charge on any atom is 0.123 e. The van der Waals surface area contributed by atoms with Crippen LogP contribution in [0.5, 0.6) is 0 Å². The second kappa shape index (κ2) is 6.19. The Labute approximate surface area is 119 Å². The quantitative estimate of drug-likeness (QED) is 0.817. The molecular formula is C18H20FN. The van der Waals surface area contributed by atoms with Crippen LogP contribution in [0.2, 0.25) is 0 Å². The fourth-order valence-electron chi connectivity index (χ4n) is 2.89. The van der Waals surface area contributed by atoms with Crippen LogP contribution in [0.1, 0.15) is 28.7 Å². The Morgan fingerprint density at radius 3 is 2.75 bits per heavy atom. The van der Waals surface area contributed by atoms with Crippen molar-refractivity contribution in [2.45, 2.75) is 32.2 Å². The Balaban J connectivity index is 1.48. The van der Waals surface area contributed by atoms with E-state index in [0.717, 1.165) is 25.1 Å². The Kier molecular flexibility index (Phi) is 4.12. The summed E-state index contributed by atoms with van der Waals surface area (Å²) in [5, 5.41) is 3.44. The molecule has 0 aromatic heterocycles. The molecule has 2 aromatic rings. The van der Waals surface area contributed by atoms with E-state index >= 15 is 0 Å². The summed E-state index contributed by atoms with van der Waals surface area (Å²) >= 11 is 0. The molecule has 2 heteroatoms. The molecule has 0 atom stereocenters. The first-order valence-corrected chi connectivity index (χ1v) is 7.37. The van der Waals surface area contributed by atoms with Gasteiger partial charge in [-0.15, -0.1) is 0 Å². The van der Waals surface area contributed by atoms with Gasteiger partial charge in [0.1, 0.15) is 5.82 Å². The van der Waals surface area contributed by atoms with Crippen molar-refractivity contribution in [2.75, 3.05) is 6.54 Å². The lowest BCUT2D eigenvalue weighted by Gasteiger charge is -2.07. The molecule has 0 bridgehead atoms. The Morgan fingerprint density at radius 1 is 0.950 bits per heavy atom. The van der Waals surface area contributed by atoms with Gasteiger partial charge < -0.3 is 5.32 Å². The number of hydrogen-bond acceptors (Lipinski definition) is 1. The third-order valence-electron chi connectivity index (χ3n) is 3.97. The Morgan fingerprint density at radius 2 is 1.85 bits per heavy atom. The predicted molar refractivity (Wildman–Crippen MR) is 80.3 cm³/mol. The summed E-state index contributed by atoms with van der Waals surface area (Å²) in [4.78, 5) is 0. The van der Waals surface area contributed by atoms with E-state index in [0.29, 0.717) is 0 Å². The SMILES string of the molecule is Fc1cccc(CCNCc2ccc3c(c2)CCC3)c1. The fraction of sp³-hybridized carbons (Fsp3) is 0.333. The van der Waals surface area contributed by atoms with Crippen LogP contribution in [-0.2, 0) is 25.8 Å². The van der Waals surface area contributed by atoms with E-state index in [1.807, 2.05) is 6.07 Å². The molecular weight excluding hydrogens is 249 g/mol. The molecule has 0 unspecified atom stereocenters. The molecule has 1 aliphatic carbocycles. The summed E-state index contributed by atoms with van der Waals surface area (Å²) in [6.07, 6.45) is 4.63.